The van der Waals surface area contributed by atoms with Crippen molar-refractivity contribution in [3.05, 3.63) is 0 Å². The third-order valence-electron chi connectivity index (χ3n) is 7.00. The maximum absolute atomic E-state index is 13.1. The molecular weight excluding hydrogens is 358 g/mol. The van der Waals surface area contributed by atoms with Crippen molar-refractivity contribution in [2.75, 3.05) is 6.61 Å². The number of likely N-dealkylation sites (tertiary alicyclic amines) is 1. The van der Waals surface area contributed by atoms with Gasteiger partial charge in [-0.05, 0) is 78.1 Å². The number of hydrogen-bond donors (Lipinski definition) is 0. The quantitative estimate of drug-likeness (QED) is 0.658. The third kappa shape index (κ3) is 4.03. The van der Waals surface area contributed by atoms with E-state index in [1.54, 1.807) is 0 Å². The van der Waals surface area contributed by atoms with Crippen LogP contribution in [0.5, 0.6) is 0 Å². The van der Waals surface area contributed by atoms with Gasteiger partial charge in [0, 0.05) is 25.0 Å². The average Bonchev–Trinajstić information content (AvgIpc) is 2.89. The fourth-order valence-corrected chi connectivity index (χ4v) is 5.96. The van der Waals surface area contributed by atoms with Crippen molar-refractivity contribution in [3.63, 3.8) is 0 Å². The van der Waals surface area contributed by atoms with Crippen LogP contribution < -0.4 is 0 Å². The average molecular weight is 396 g/mol. The molecule has 2 saturated carbocycles. The zero-order chi connectivity index (χ0) is 20.7. The first kappa shape index (κ1) is 21.4. The Kier molecular flexibility index (Phi) is 6.00. The largest absolute Gasteiger partial charge is 0.462 e. The van der Waals surface area contributed by atoms with Gasteiger partial charge in [-0.1, -0.05) is 6.92 Å². The number of piperidine rings is 1. The Balaban J connectivity index is 1.83. The van der Waals surface area contributed by atoms with E-state index < -0.39 is 5.60 Å². The van der Waals surface area contributed by atoms with Gasteiger partial charge in [-0.3, -0.25) is 9.69 Å². The summed E-state index contributed by atoms with van der Waals surface area (Å²) in [5.74, 6) is 0.677. The zero-order valence-corrected chi connectivity index (χ0v) is 18.3. The van der Waals surface area contributed by atoms with Gasteiger partial charge in [-0.25, -0.2) is 4.79 Å². The second-order valence-electron chi connectivity index (χ2n) is 9.93. The molecule has 6 nitrogen and oxygen atoms in total. The molecule has 0 bridgehead atoms. The molecule has 28 heavy (non-hydrogen) atoms. The molecule has 0 spiro atoms. The van der Waals surface area contributed by atoms with Crippen molar-refractivity contribution in [2.45, 2.75) is 104 Å². The summed E-state index contributed by atoms with van der Waals surface area (Å²) in [6, 6.07) is 0.134. The summed E-state index contributed by atoms with van der Waals surface area (Å²) in [5, 5.41) is 0. The Morgan fingerprint density at radius 2 is 1.82 bits per heavy atom. The van der Waals surface area contributed by atoms with Crippen LogP contribution in [0.4, 0.5) is 4.79 Å². The molecule has 2 aliphatic carbocycles. The highest BCUT2D eigenvalue weighted by atomic mass is 16.6. The van der Waals surface area contributed by atoms with Crippen LogP contribution in [-0.2, 0) is 19.0 Å². The predicted octanol–water partition coefficient (Wildman–Crippen LogP) is 4.51. The van der Waals surface area contributed by atoms with Crippen LogP contribution in [0.2, 0.25) is 0 Å². The van der Waals surface area contributed by atoms with Gasteiger partial charge < -0.3 is 14.2 Å². The van der Waals surface area contributed by atoms with Crippen molar-refractivity contribution < 1.29 is 23.8 Å². The van der Waals surface area contributed by atoms with Crippen molar-refractivity contribution in [3.8, 4) is 0 Å². The van der Waals surface area contributed by atoms with Gasteiger partial charge >= 0.3 is 12.1 Å². The van der Waals surface area contributed by atoms with E-state index in [9.17, 15) is 9.59 Å². The topological polar surface area (TPSA) is 65.1 Å². The summed E-state index contributed by atoms with van der Waals surface area (Å²) in [5.41, 5.74) is -0.525. The fourth-order valence-electron chi connectivity index (χ4n) is 5.96. The lowest BCUT2D eigenvalue weighted by molar-refractivity contribution is -0.163. The van der Waals surface area contributed by atoms with Gasteiger partial charge in [0.15, 0.2) is 0 Å². The van der Waals surface area contributed by atoms with E-state index in [-0.39, 0.29) is 35.9 Å². The second-order valence-corrected chi connectivity index (χ2v) is 9.93. The lowest BCUT2D eigenvalue weighted by Gasteiger charge is -2.55. The predicted molar refractivity (Wildman–Crippen MR) is 106 cm³/mol. The fraction of sp³-hybridized carbons (Fsp3) is 0.909. The van der Waals surface area contributed by atoms with E-state index in [0.29, 0.717) is 18.4 Å². The highest BCUT2D eigenvalue weighted by Gasteiger charge is 2.58. The maximum atomic E-state index is 13.1. The first-order chi connectivity index (χ1) is 13.1. The van der Waals surface area contributed by atoms with Crippen molar-refractivity contribution in [2.24, 2.45) is 17.3 Å². The molecule has 6 heteroatoms. The molecule has 0 aromatic carbocycles. The Morgan fingerprint density at radius 1 is 1.11 bits per heavy atom. The summed E-state index contributed by atoms with van der Waals surface area (Å²) in [4.78, 5) is 26.6. The normalized spacial score (nSPS) is 37.8. The molecule has 3 aliphatic rings. The first-order valence-corrected chi connectivity index (χ1v) is 10.9. The van der Waals surface area contributed by atoms with Gasteiger partial charge in [0.1, 0.15) is 17.9 Å². The third-order valence-corrected chi connectivity index (χ3v) is 7.00. The Morgan fingerprint density at radius 3 is 2.43 bits per heavy atom. The van der Waals surface area contributed by atoms with Gasteiger partial charge in [0.05, 0.1) is 0 Å². The van der Waals surface area contributed by atoms with Crippen LogP contribution in [0.25, 0.3) is 0 Å². The first-order valence-electron chi connectivity index (χ1n) is 10.9. The van der Waals surface area contributed by atoms with E-state index in [0.717, 1.165) is 38.5 Å². The highest BCUT2D eigenvalue weighted by molar-refractivity contribution is 5.69. The van der Waals surface area contributed by atoms with Crippen LogP contribution in [0.3, 0.4) is 0 Å². The summed E-state index contributed by atoms with van der Waals surface area (Å²) in [6.45, 7) is 12.0. The van der Waals surface area contributed by atoms with Gasteiger partial charge in [-0.15, -0.1) is 0 Å². The van der Waals surface area contributed by atoms with E-state index in [1.165, 1.54) is 6.92 Å². The minimum atomic E-state index is -0.530. The number of nitrogens with zero attached hydrogens (tertiary/aromatic N) is 1. The SMILES string of the molecule is CCO[C@@H]1CC[C@H]2C3CC[C@H](OC(C)=O)[C@@]3(C)CC[C@@H]2N1C(=O)OC(C)(C)C. The van der Waals surface area contributed by atoms with Gasteiger partial charge in [0.25, 0.3) is 0 Å². The van der Waals surface area contributed by atoms with Crippen molar-refractivity contribution >= 4 is 12.1 Å². The minimum Gasteiger partial charge on any atom is -0.462 e. The van der Waals surface area contributed by atoms with E-state index >= 15 is 0 Å². The highest BCUT2D eigenvalue weighted by Crippen LogP contribution is 2.58. The van der Waals surface area contributed by atoms with Gasteiger partial charge in [-0.2, -0.15) is 0 Å². The number of amides is 1. The maximum Gasteiger partial charge on any atom is 0.412 e. The molecule has 1 saturated heterocycles. The zero-order valence-electron chi connectivity index (χ0n) is 18.3. The molecule has 160 valence electrons. The standard InChI is InChI=1S/C22H37NO5/c1-7-26-19-11-8-15-16-9-10-18(27-14(2)24)22(16,6)13-12-17(15)23(19)20(25)28-21(3,4)5/h15-19H,7-13H2,1-6H3/t15-,16?,17-,18-,19+,22-/m0/s1. The number of carbonyl (C=O) groups excluding carboxylic acids is 2. The number of esters is 1. The monoisotopic (exact) mass is 395 g/mol. The molecule has 0 aromatic heterocycles. The van der Waals surface area contributed by atoms with E-state index in [1.807, 2.05) is 32.6 Å². The van der Waals surface area contributed by atoms with Gasteiger partial charge in [0.2, 0.25) is 0 Å². The smallest absolute Gasteiger partial charge is 0.412 e. The molecule has 0 radical (unpaired) electrons. The van der Waals surface area contributed by atoms with E-state index in [2.05, 4.69) is 6.92 Å². The molecule has 3 fully saturated rings. The lowest BCUT2D eigenvalue weighted by atomic mass is 9.59. The number of rotatable bonds is 3. The molecule has 1 aliphatic heterocycles. The molecule has 0 aromatic rings. The summed E-state index contributed by atoms with van der Waals surface area (Å²) in [6.07, 6.45) is 5.22. The Bertz CT molecular complexity index is 600. The van der Waals surface area contributed by atoms with Crippen molar-refractivity contribution in [1.82, 2.24) is 4.90 Å². The molecule has 1 amide bonds. The van der Waals surface area contributed by atoms with Crippen molar-refractivity contribution in [1.29, 1.82) is 0 Å². The number of carbonyl (C=O) groups is 2. The minimum absolute atomic E-state index is 0.00413. The number of fused-ring (bicyclic) bond motifs is 3. The van der Waals surface area contributed by atoms with Crippen LogP contribution in [0.1, 0.15) is 80.1 Å². The molecule has 1 heterocycles. The number of hydrogen-bond acceptors (Lipinski definition) is 5. The van der Waals surface area contributed by atoms with Crippen LogP contribution in [-0.4, -0.2) is 47.5 Å². The van der Waals surface area contributed by atoms with Crippen LogP contribution in [0, 0.1) is 17.3 Å². The molecule has 6 atom stereocenters. The summed E-state index contributed by atoms with van der Waals surface area (Å²) in [7, 11) is 0. The summed E-state index contributed by atoms with van der Waals surface area (Å²) >= 11 is 0. The molecular formula is C22H37NO5. The lowest BCUT2D eigenvalue weighted by Crippen LogP contribution is -2.60. The number of ether oxygens (including phenoxy) is 3. The molecule has 0 N–H and O–H groups in total. The summed E-state index contributed by atoms with van der Waals surface area (Å²) < 4.78 is 17.4. The van der Waals surface area contributed by atoms with Crippen LogP contribution >= 0.6 is 0 Å². The molecule has 1 unspecified atom stereocenters. The molecule has 3 rings (SSSR count). The Hall–Kier alpha value is -1.30. The second kappa shape index (κ2) is 7.85. The van der Waals surface area contributed by atoms with E-state index in [4.69, 9.17) is 14.2 Å². The Labute approximate surface area is 169 Å². The van der Waals surface area contributed by atoms with Crippen LogP contribution in [0.15, 0.2) is 0 Å².